The number of carbonyl (C=O) groups is 1. The van der Waals surface area contributed by atoms with E-state index in [9.17, 15) is 23.1 Å². The fourth-order valence-electron chi connectivity index (χ4n) is 3.09. The van der Waals surface area contributed by atoms with Gasteiger partial charge in [0.05, 0.1) is 16.8 Å². The van der Waals surface area contributed by atoms with Crippen molar-refractivity contribution in [1.29, 1.82) is 0 Å². The molecule has 0 saturated heterocycles. The number of aromatic carboxylic acids is 1. The number of ether oxygens (including phenoxy) is 1. The van der Waals surface area contributed by atoms with E-state index in [-0.39, 0.29) is 11.3 Å². The van der Waals surface area contributed by atoms with E-state index < -0.39 is 12.3 Å². The molecule has 0 unspecified atom stereocenters. The first-order valence-electron chi connectivity index (χ1n) is 8.69. The minimum Gasteiger partial charge on any atom is -0.478 e. The number of rotatable bonds is 4. The van der Waals surface area contributed by atoms with Crippen LogP contribution in [0.25, 0.3) is 27.8 Å². The van der Waals surface area contributed by atoms with Gasteiger partial charge >= 0.3 is 12.3 Å². The van der Waals surface area contributed by atoms with Crippen molar-refractivity contribution in [1.82, 2.24) is 9.78 Å². The van der Waals surface area contributed by atoms with E-state index in [4.69, 9.17) is 5.73 Å². The van der Waals surface area contributed by atoms with E-state index in [0.29, 0.717) is 33.5 Å². The second-order valence-electron chi connectivity index (χ2n) is 6.46. The average Bonchev–Trinajstić information content (AvgIpc) is 3.07. The number of alkyl halides is 3. The van der Waals surface area contributed by atoms with E-state index >= 15 is 0 Å². The Morgan fingerprint density at radius 3 is 2.27 bits per heavy atom. The Hall–Kier alpha value is -4.01. The van der Waals surface area contributed by atoms with Gasteiger partial charge in [0.2, 0.25) is 0 Å². The molecule has 0 spiro atoms. The summed E-state index contributed by atoms with van der Waals surface area (Å²) in [5.41, 5.74) is 8.71. The highest BCUT2D eigenvalue weighted by Gasteiger charge is 2.31. The Morgan fingerprint density at radius 1 is 1.00 bits per heavy atom. The van der Waals surface area contributed by atoms with E-state index in [2.05, 4.69) is 9.84 Å². The Bertz CT molecular complexity index is 1230. The molecule has 0 fully saturated rings. The van der Waals surface area contributed by atoms with Gasteiger partial charge in [0.25, 0.3) is 0 Å². The number of nitrogens with two attached hydrogens (primary N) is 1. The summed E-state index contributed by atoms with van der Waals surface area (Å²) in [5, 5.41) is 14.5. The molecule has 0 bridgehead atoms. The number of fused-ring (bicyclic) bond motifs is 1. The number of hydrogen-bond acceptors (Lipinski definition) is 4. The monoisotopic (exact) mass is 413 g/mol. The molecule has 0 atom stereocenters. The molecule has 0 saturated carbocycles. The topological polar surface area (TPSA) is 90.4 Å². The van der Waals surface area contributed by atoms with Crippen LogP contribution in [0.1, 0.15) is 10.4 Å². The molecule has 0 aliphatic carbocycles. The smallest absolute Gasteiger partial charge is 0.478 e. The van der Waals surface area contributed by atoms with Gasteiger partial charge in [-0.3, -0.25) is 0 Å². The molecule has 9 heteroatoms. The molecule has 4 rings (SSSR count). The summed E-state index contributed by atoms with van der Waals surface area (Å²) in [6.07, 6.45) is -4.78. The van der Waals surface area contributed by atoms with Crippen molar-refractivity contribution in [3.05, 3.63) is 72.3 Å². The predicted octanol–water partition coefficient (Wildman–Crippen LogP) is 4.87. The number of benzene rings is 3. The van der Waals surface area contributed by atoms with Crippen molar-refractivity contribution in [2.45, 2.75) is 6.36 Å². The molecule has 0 aliphatic heterocycles. The summed E-state index contributed by atoms with van der Waals surface area (Å²) in [5.74, 6) is -1.43. The number of hydrogen-bond donors (Lipinski definition) is 2. The lowest BCUT2D eigenvalue weighted by molar-refractivity contribution is -0.274. The lowest BCUT2D eigenvalue weighted by Gasteiger charge is -2.09. The first-order valence-corrected chi connectivity index (χ1v) is 8.69. The molecule has 4 aromatic rings. The van der Waals surface area contributed by atoms with Crippen LogP contribution in [0.5, 0.6) is 5.75 Å². The number of anilines is 1. The maximum absolute atomic E-state index is 12.4. The second-order valence-corrected chi connectivity index (χ2v) is 6.46. The normalized spacial score (nSPS) is 11.6. The maximum Gasteiger partial charge on any atom is 0.573 e. The van der Waals surface area contributed by atoms with Crippen LogP contribution in [0.3, 0.4) is 0 Å². The highest BCUT2D eigenvalue weighted by molar-refractivity contribution is 5.99. The average molecular weight is 413 g/mol. The van der Waals surface area contributed by atoms with Gasteiger partial charge in [-0.1, -0.05) is 12.1 Å². The van der Waals surface area contributed by atoms with Gasteiger partial charge in [-0.05, 0) is 54.6 Å². The van der Waals surface area contributed by atoms with Crippen molar-refractivity contribution in [2.24, 2.45) is 0 Å². The van der Waals surface area contributed by atoms with Crippen molar-refractivity contribution < 1.29 is 27.8 Å². The van der Waals surface area contributed by atoms with Gasteiger partial charge in [-0.2, -0.15) is 5.10 Å². The first kappa shape index (κ1) is 19.3. The van der Waals surface area contributed by atoms with Crippen LogP contribution < -0.4 is 10.5 Å². The molecule has 6 nitrogen and oxygen atoms in total. The molecule has 152 valence electrons. The molecule has 30 heavy (non-hydrogen) atoms. The van der Waals surface area contributed by atoms with Gasteiger partial charge in [-0.25, -0.2) is 9.48 Å². The largest absolute Gasteiger partial charge is 0.573 e. The molecule has 0 aliphatic rings. The third-order valence-electron chi connectivity index (χ3n) is 4.43. The third-order valence-corrected chi connectivity index (χ3v) is 4.43. The van der Waals surface area contributed by atoms with Crippen LogP contribution in [0, 0.1) is 0 Å². The van der Waals surface area contributed by atoms with Crippen LogP contribution in [0.4, 0.5) is 18.9 Å². The molecular weight excluding hydrogens is 399 g/mol. The first-order chi connectivity index (χ1) is 14.2. The lowest BCUT2D eigenvalue weighted by atomic mass is 10.1. The van der Waals surface area contributed by atoms with Crippen LogP contribution in [-0.4, -0.2) is 27.2 Å². The zero-order valence-electron chi connectivity index (χ0n) is 15.2. The van der Waals surface area contributed by atoms with Crippen LogP contribution in [-0.2, 0) is 0 Å². The second kappa shape index (κ2) is 7.11. The van der Waals surface area contributed by atoms with Crippen LogP contribution >= 0.6 is 0 Å². The number of nitrogens with zero attached hydrogens (tertiary/aromatic N) is 2. The Labute approximate surface area is 167 Å². The summed E-state index contributed by atoms with van der Waals surface area (Å²) in [6, 6.07) is 16.7. The number of aromatic nitrogens is 2. The molecular formula is C21H14F3N3O3. The van der Waals surface area contributed by atoms with E-state index in [0.717, 1.165) is 0 Å². The van der Waals surface area contributed by atoms with E-state index in [1.54, 1.807) is 30.3 Å². The van der Waals surface area contributed by atoms with Crippen LogP contribution in [0.2, 0.25) is 0 Å². The summed E-state index contributed by atoms with van der Waals surface area (Å²) < 4.78 is 42.6. The van der Waals surface area contributed by atoms with E-state index in [1.165, 1.54) is 41.1 Å². The van der Waals surface area contributed by atoms with Gasteiger partial charge in [-0.15, -0.1) is 13.2 Å². The third kappa shape index (κ3) is 3.77. The molecule has 1 aromatic heterocycles. The van der Waals surface area contributed by atoms with Crippen molar-refractivity contribution in [3.8, 4) is 22.7 Å². The van der Waals surface area contributed by atoms with E-state index in [1.807, 2.05) is 0 Å². The van der Waals surface area contributed by atoms with Gasteiger partial charge in [0.15, 0.2) is 0 Å². The van der Waals surface area contributed by atoms with Crippen molar-refractivity contribution in [2.75, 3.05) is 5.73 Å². The minimum absolute atomic E-state index is 0.0904. The molecule has 0 amide bonds. The number of nitrogen functional groups attached to an aromatic ring is 1. The Kier molecular flexibility index (Phi) is 4.57. The van der Waals surface area contributed by atoms with Crippen LogP contribution in [0.15, 0.2) is 66.7 Å². The SMILES string of the molecule is Nc1ccc(-c2nn(-c3ccc(OC(F)(F)F)cc3)c3ccc(C(=O)O)cc23)cc1. The number of carboxylic acid groups (broad SMARTS) is 1. The highest BCUT2D eigenvalue weighted by atomic mass is 19.4. The van der Waals surface area contributed by atoms with Crippen molar-refractivity contribution >= 4 is 22.6 Å². The maximum atomic E-state index is 12.4. The minimum atomic E-state index is -4.78. The van der Waals surface area contributed by atoms with Gasteiger partial charge in [0.1, 0.15) is 11.4 Å². The number of halogens is 3. The predicted molar refractivity (Wildman–Crippen MR) is 105 cm³/mol. The standard InChI is InChI=1S/C21H14F3N3O3/c22-21(23,24)30-16-8-6-15(7-9-16)27-18-10-3-13(20(28)29)11-17(18)19(26-27)12-1-4-14(25)5-2-12/h1-11H,25H2,(H,28,29). The highest BCUT2D eigenvalue weighted by Crippen LogP contribution is 2.32. The zero-order chi connectivity index (χ0) is 21.5. The van der Waals surface area contributed by atoms with Crippen molar-refractivity contribution in [3.63, 3.8) is 0 Å². The quantitative estimate of drug-likeness (QED) is 0.466. The molecule has 0 radical (unpaired) electrons. The molecule has 1 heterocycles. The zero-order valence-corrected chi connectivity index (χ0v) is 15.2. The summed E-state index contributed by atoms with van der Waals surface area (Å²) in [4.78, 5) is 11.4. The Balaban J connectivity index is 1.86. The summed E-state index contributed by atoms with van der Waals surface area (Å²) >= 11 is 0. The number of carboxylic acids is 1. The summed E-state index contributed by atoms with van der Waals surface area (Å²) in [7, 11) is 0. The summed E-state index contributed by atoms with van der Waals surface area (Å²) in [6.45, 7) is 0. The fourth-order valence-corrected chi connectivity index (χ4v) is 3.09. The lowest BCUT2D eigenvalue weighted by Crippen LogP contribution is -2.17. The Morgan fingerprint density at radius 2 is 1.67 bits per heavy atom. The van der Waals surface area contributed by atoms with Gasteiger partial charge < -0.3 is 15.6 Å². The fraction of sp³-hybridized carbons (Fsp3) is 0.0476. The molecule has 3 N–H and O–H groups in total. The molecule has 3 aromatic carbocycles. The van der Waals surface area contributed by atoms with Gasteiger partial charge in [0, 0.05) is 16.6 Å².